The zero-order valence-corrected chi connectivity index (χ0v) is 15.6. The van der Waals surface area contributed by atoms with Crippen LogP contribution in [0.1, 0.15) is 63.9 Å². The van der Waals surface area contributed by atoms with Crippen LogP contribution in [0, 0.1) is 6.92 Å². The Morgan fingerprint density at radius 1 is 1.00 bits per heavy atom. The van der Waals surface area contributed by atoms with Gasteiger partial charge in [0.1, 0.15) is 5.69 Å². The Labute approximate surface area is 140 Å². The Balaban J connectivity index is 2.76. The number of benzene rings is 1. The molecule has 0 amide bonds. The standard InChI is InChI=1S/C20H30N2O/c1-8-14-11-15(9-2)17(16(10-3)12-14)18-19(23)13(4)22(21-18)20(5,6)7/h11-12,23H,8-10H2,1-7H3. The average molecular weight is 314 g/mol. The fourth-order valence-electron chi connectivity index (χ4n) is 3.22. The first kappa shape index (κ1) is 17.6. The Morgan fingerprint density at radius 2 is 1.52 bits per heavy atom. The number of rotatable bonds is 4. The molecule has 1 aromatic heterocycles. The largest absolute Gasteiger partial charge is 0.504 e. The molecule has 0 saturated carbocycles. The second-order valence-corrected chi connectivity index (χ2v) is 7.21. The topological polar surface area (TPSA) is 38.0 Å². The predicted molar refractivity (Wildman–Crippen MR) is 97.2 cm³/mol. The van der Waals surface area contributed by atoms with Crippen LogP contribution in [0.4, 0.5) is 0 Å². The van der Waals surface area contributed by atoms with Gasteiger partial charge >= 0.3 is 0 Å². The van der Waals surface area contributed by atoms with E-state index in [1.165, 1.54) is 16.7 Å². The van der Waals surface area contributed by atoms with Crippen molar-refractivity contribution in [1.29, 1.82) is 0 Å². The van der Waals surface area contributed by atoms with Crippen LogP contribution in [0.3, 0.4) is 0 Å². The van der Waals surface area contributed by atoms with E-state index in [1.807, 2.05) is 11.6 Å². The quantitative estimate of drug-likeness (QED) is 0.861. The van der Waals surface area contributed by atoms with Crippen LogP contribution >= 0.6 is 0 Å². The molecule has 0 atom stereocenters. The minimum atomic E-state index is -0.151. The lowest BCUT2D eigenvalue weighted by Crippen LogP contribution is -2.24. The predicted octanol–water partition coefficient (Wildman–Crippen LogP) is 5.01. The monoisotopic (exact) mass is 314 g/mol. The lowest BCUT2D eigenvalue weighted by Gasteiger charge is -2.21. The van der Waals surface area contributed by atoms with Crippen molar-refractivity contribution in [2.75, 3.05) is 0 Å². The van der Waals surface area contributed by atoms with Gasteiger partial charge in [0.05, 0.1) is 11.2 Å². The molecule has 0 bridgehead atoms. The van der Waals surface area contributed by atoms with Crippen LogP contribution in [0.25, 0.3) is 11.3 Å². The lowest BCUT2D eigenvalue weighted by molar-refractivity contribution is 0.345. The van der Waals surface area contributed by atoms with E-state index in [9.17, 15) is 5.11 Å². The summed E-state index contributed by atoms with van der Waals surface area (Å²) in [4.78, 5) is 0. The highest BCUT2D eigenvalue weighted by molar-refractivity contribution is 5.74. The molecule has 0 fully saturated rings. The highest BCUT2D eigenvalue weighted by atomic mass is 16.3. The van der Waals surface area contributed by atoms with E-state index in [-0.39, 0.29) is 5.54 Å². The Morgan fingerprint density at radius 3 is 1.87 bits per heavy atom. The lowest BCUT2D eigenvalue weighted by atomic mass is 9.91. The zero-order chi connectivity index (χ0) is 17.4. The molecule has 0 unspecified atom stereocenters. The summed E-state index contributed by atoms with van der Waals surface area (Å²) in [5.41, 5.74) is 6.43. The summed E-state index contributed by atoms with van der Waals surface area (Å²) in [5, 5.41) is 15.5. The Bertz CT molecular complexity index is 680. The van der Waals surface area contributed by atoms with Gasteiger partial charge in [-0.05, 0) is 63.6 Å². The van der Waals surface area contributed by atoms with Gasteiger partial charge in [0.2, 0.25) is 0 Å². The summed E-state index contributed by atoms with van der Waals surface area (Å²) in [6.45, 7) is 14.8. The molecule has 2 aromatic rings. The van der Waals surface area contributed by atoms with Gasteiger partial charge in [-0.1, -0.05) is 32.9 Å². The van der Waals surface area contributed by atoms with Crippen LogP contribution in [0.5, 0.6) is 5.75 Å². The molecule has 0 spiro atoms. The molecule has 3 nitrogen and oxygen atoms in total. The van der Waals surface area contributed by atoms with E-state index < -0.39 is 0 Å². The van der Waals surface area contributed by atoms with Crippen molar-refractivity contribution in [3.05, 3.63) is 34.5 Å². The maximum Gasteiger partial charge on any atom is 0.164 e. The number of aryl methyl sites for hydroxylation is 3. The number of hydrogen-bond donors (Lipinski definition) is 1. The molecule has 126 valence electrons. The maximum atomic E-state index is 10.7. The van der Waals surface area contributed by atoms with E-state index in [0.29, 0.717) is 5.75 Å². The van der Waals surface area contributed by atoms with Crippen molar-refractivity contribution < 1.29 is 5.11 Å². The third-order valence-corrected chi connectivity index (χ3v) is 4.49. The minimum absolute atomic E-state index is 0.151. The smallest absolute Gasteiger partial charge is 0.164 e. The van der Waals surface area contributed by atoms with Gasteiger partial charge in [-0.15, -0.1) is 0 Å². The second kappa shape index (κ2) is 6.38. The van der Waals surface area contributed by atoms with Crippen molar-refractivity contribution in [3.63, 3.8) is 0 Å². The van der Waals surface area contributed by atoms with E-state index in [4.69, 9.17) is 5.10 Å². The van der Waals surface area contributed by atoms with Gasteiger partial charge in [-0.25, -0.2) is 0 Å². The normalized spacial score (nSPS) is 12.0. The van der Waals surface area contributed by atoms with Gasteiger partial charge in [-0.3, -0.25) is 4.68 Å². The highest BCUT2D eigenvalue weighted by Gasteiger charge is 2.25. The average Bonchev–Trinajstić information content (AvgIpc) is 2.81. The molecule has 1 aromatic carbocycles. The van der Waals surface area contributed by atoms with Crippen LogP contribution in [-0.4, -0.2) is 14.9 Å². The van der Waals surface area contributed by atoms with Gasteiger partial charge in [0.15, 0.2) is 5.75 Å². The van der Waals surface area contributed by atoms with Gasteiger partial charge < -0.3 is 5.11 Å². The number of hydrogen-bond acceptors (Lipinski definition) is 2. The fourth-order valence-corrected chi connectivity index (χ4v) is 3.22. The van der Waals surface area contributed by atoms with E-state index in [1.54, 1.807) is 0 Å². The second-order valence-electron chi connectivity index (χ2n) is 7.21. The first-order valence-electron chi connectivity index (χ1n) is 8.68. The van der Waals surface area contributed by atoms with Crippen molar-refractivity contribution >= 4 is 0 Å². The van der Waals surface area contributed by atoms with Crippen LogP contribution in [0.15, 0.2) is 12.1 Å². The summed E-state index contributed by atoms with van der Waals surface area (Å²) in [7, 11) is 0. The third-order valence-electron chi connectivity index (χ3n) is 4.49. The van der Waals surface area contributed by atoms with E-state index in [2.05, 4.69) is 53.7 Å². The number of nitrogens with zero attached hydrogens (tertiary/aromatic N) is 2. The molecular weight excluding hydrogens is 284 g/mol. The Hall–Kier alpha value is -1.77. The molecule has 0 radical (unpaired) electrons. The first-order valence-corrected chi connectivity index (χ1v) is 8.68. The number of aromatic nitrogens is 2. The third kappa shape index (κ3) is 3.15. The van der Waals surface area contributed by atoms with E-state index in [0.717, 1.165) is 36.2 Å². The summed E-state index contributed by atoms with van der Waals surface area (Å²) >= 11 is 0. The molecule has 0 aliphatic rings. The van der Waals surface area contributed by atoms with Crippen molar-refractivity contribution in [2.45, 2.75) is 73.3 Å². The van der Waals surface area contributed by atoms with E-state index >= 15 is 0 Å². The number of aromatic hydroxyl groups is 1. The Kier molecular flexibility index (Phi) is 4.88. The van der Waals surface area contributed by atoms with Crippen LogP contribution < -0.4 is 0 Å². The molecule has 1 N–H and O–H groups in total. The molecule has 2 rings (SSSR count). The molecule has 1 heterocycles. The molecule has 23 heavy (non-hydrogen) atoms. The maximum absolute atomic E-state index is 10.7. The van der Waals surface area contributed by atoms with Crippen LogP contribution in [0.2, 0.25) is 0 Å². The summed E-state index contributed by atoms with van der Waals surface area (Å²) in [5.74, 6) is 0.313. The SMILES string of the molecule is CCc1cc(CC)c(-c2nn(C(C)(C)C)c(C)c2O)c(CC)c1. The molecule has 3 heteroatoms. The van der Waals surface area contributed by atoms with Crippen LogP contribution in [-0.2, 0) is 24.8 Å². The fraction of sp³-hybridized carbons (Fsp3) is 0.550. The molecular formula is C20H30N2O. The molecule has 0 saturated heterocycles. The molecule has 0 aliphatic heterocycles. The highest BCUT2D eigenvalue weighted by Crippen LogP contribution is 2.38. The molecule has 0 aliphatic carbocycles. The van der Waals surface area contributed by atoms with Gasteiger partial charge in [-0.2, -0.15) is 5.10 Å². The summed E-state index contributed by atoms with van der Waals surface area (Å²) in [6, 6.07) is 4.53. The van der Waals surface area contributed by atoms with Gasteiger partial charge in [0, 0.05) is 5.56 Å². The first-order chi connectivity index (χ1) is 10.7. The van der Waals surface area contributed by atoms with Crippen molar-refractivity contribution in [2.24, 2.45) is 0 Å². The summed E-state index contributed by atoms with van der Waals surface area (Å²) in [6.07, 6.45) is 2.91. The summed E-state index contributed by atoms with van der Waals surface area (Å²) < 4.78 is 1.93. The van der Waals surface area contributed by atoms with Crippen molar-refractivity contribution in [1.82, 2.24) is 9.78 Å². The van der Waals surface area contributed by atoms with Crippen molar-refractivity contribution in [3.8, 4) is 17.0 Å². The minimum Gasteiger partial charge on any atom is -0.504 e. The zero-order valence-electron chi connectivity index (χ0n) is 15.6. The van der Waals surface area contributed by atoms with Gasteiger partial charge in [0.25, 0.3) is 0 Å².